The van der Waals surface area contributed by atoms with Gasteiger partial charge < -0.3 is 10.3 Å². The molecule has 2 aromatic heterocycles. The maximum atomic E-state index is 13.9. The van der Waals surface area contributed by atoms with Crippen LogP contribution in [0, 0.1) is 11.6 Å². The highest BCUT2D eigenvalue weighted by atomic mass is 35.5. The van der Waals surface area contributed by atoms with Crippen molar-refractivity contribution in [3.8, 4) is 21.7 Å². The van der Waals surface area contributed by atoms with Crippen molar-refractivity contribution >= 4 is 28.8 Å². The van der Waals surface area contributed by atoms with Crippen molar-refractivity contribution in [2.45, 2.75) is 0 Å². The van der Waals surface area contributed by atoms with Gasteiger partial charge in [0.1, 0.15) is 17.3 Å². The maximum absolute atomic E-state index is 13.9. The fraction of sp³-hybridized carbons (Fsp3) is 0. The van der Waals surface area contributed by atoms with E-state index < -0.39 is 11.6 Å². The largest absolute Gasteiger partial charge is 0.367 e. The molecule has 0 fully saturated rings. The summed E-state index contributed by atoms with van der Waals surface area (Å²) in [6.07, 6.45) is 0. The first-order valence-electron chi connectivity index (χ1n) is 5.52. The van der Waals surface area contributed by atoms with E-state index in [0.29, 0.717) is 15.6 Å². The predicted octanol–water partition coefficient (Wildman–Crippen LogP) is 4.58. The Balaban J connectivity index is 2.24. The van der Waals surface area contributed by atoms with Crippen molar-refractivity contribution < 1.29 is 13.3 Å². The average Bonchev–Trinajstić information content (AvgIpc) is 2.96. The number of nitrogens with zero attached hydrogens (tertiary/aromatic N) is 1. The maximum Gasteiger partial charge on any atom is 0.230 e. The summed E-state index contributed by atoms with van der Waals surface area (Å²) in [6.45, 7) is 0. The van der Waals surface area contributed by atoms with Gasteiger partial charge in [0.15, 0.2) is 0 Å². The van der Waals surface area contributed by atoms with Crippen LogP contribution in [0.2, 0.25) is 5.02 Å². The van der Waals surface area contributed by atoms with Crippen molar-refractivity contribution in [3.05, 3.63) is 46.3 Å². The van der Waals surface area contributed by atoms with E-state index in [1.165, 1.54) is 17.4 Å². The van der Waals surface area contributed by atoms with Gasteiger partial charge in [0.2, 0.25) is 5.88 Å². The lowest BCUT2D eigenvalue weighted by molar-refractivity contribution is 0.439. The van der Waals surface area contributed by atoms with E-state index in [1.807, 2.05) is 0 Å². The number of halogens is 3. The summed E-state index contributed by atoms with van der Waals surface area (Å²) in [6, 6.07) is 4.90. The SMILES string of the molecule is Nc1onc(-c2sccc2Cl)c1-c1ccc(F)cc1F. The van der Waals surface area contributed by atoms with Crippen LogP contribution in [0.5, 0.6) is 0 Å². The summed E-state index contributed by atoms with van der Waals surface area (Å²) >= 11 is 7.37. The van der Waals surface area contributed by atoms with E-state index in [2.05, 4.69) is 5.16 Å². The third kappa shape index (κ3) is 2.07. The molecule has 2 heterocycles. The Hall–Kier alpha value is -1.92. The standard InChI is InChI=1S/C13H7ClF2N2OS/c14-8-3-4-20-12(8)11-10(13(17)19-18-11)7-2-1-6(15)5-9(7)16/h1-5H,17H2. The van der Waals surface area contributed by atoms with Crippen LogP contribution < -0.4 is 5.73 Å². The molecule has 102 valence electrons. The van der Waals surface area contributed by atoms with E-state index in [1.54, 1.807) is 11.4 Å². The van der Waals surface area contributed by atoms with Gasteiger partial charge in [-0.15, -0.1) is 11.3 Å². The Morgan fingerprint density at radius 2 is 2.05 bits per heavy atom. The minimum atomic E-state index is -0.742. The van der Waals surface area contributed by atoms with Gasteiger partial charge in [0, 0.05) is 11.6 Å². The number of benzene rings is 1. The van der Waals surface area contributed by atoms with Gasteiger partial charge in [-0.3, -0.25) is 0 Å². The molecule has 0 spiro atoms. The Morgan fingerprint density at radius 1 is 1.25 bits per heavy atom. The van der Waals surface area contributed by atoms with E-state index in [0.717, 1.165) is 12.1 Å². The minimum Gasteiger partial charge on any atom is -0.367 e. The van der Waals surface area contributed by atoms with Crippen LogP contribution >= 0.6 is 22.9 Å². The van der Waals surface area contributed by atoms with Crippen LogP contribution in [0.1, 0.15) is 0 Å². The molecule has 0 saturated heterocycles. The van der Waals surface area contributed by atoms with Crippen molar-refractivity contribution in [2.24, 2.45) is 0 Å². The molecule has 0 radical (unpaired) electrons. The zero-order valence-corrected chi connectivity index (χ0v) is 11.4. The van der Waals surface area contributed by atoms with Gasteiger partial charge >= 0.3 is 0 Å². The molecule has 20 heavy (non-hydrogen) atoms. The van der Waals surface area contributed by atoms with Crippen LogP contribution in [-0.2, 0) is 0 Å². The molecule has 0 atom stereocenters. The first-order valence-corrected chi connectivity index (χ1v) is 6.77. The second kappa shape index (κ2) is 4.88. The average molecular weight is 313 g/mol. The Morgan fingerprint density at radius 3 is 2.70 bits per heavy atom. The van der Waals surface area contributed by atoms with Gasteiger partial charge in [-0.05, 0) is 23.6 Å². The molecule has 0 amide bonds. The van der Waals surface area contributed by atoms with Crippen molar-refractivity contribution in [1.29, 1.82) is 0 Å². The van der Waals surface area contributed by atoms with Gasteiger partial charge in [-0.1, -0.05) is 16.8 Å². The van der Waals surface area contributed by atoms with Gasteiger partial charge in [0.05, 0.1) is 15.5 Å². The number of hydrogen-bond donors (Lipinski definition) is 1. The number of anilines is 1. The molecule has 1 aromatic carbocycles. The summed E-state index contributed by atoms with van der Waals surface area (Å²) in [5, 5.41) is 6.06. The number of nitrogens with two attached hydrogens (primary N) is 1. The molecule has 0 aliphatic carbocycles. The Labute approximate surface area is 121 Å². The minimum absolute atomic E-state index is 0.0463. The van der Waals surface area contributed by atoms with Crippen LogP contribution in [-0.4, -0.2) is 5.16 Å². The number of aromatic nitrogens is 1. The number of nitrogen functional groups attached to an aromatic ring is 1. The molecular weight excluding hydrogens is 306 g/mol. The fourth-order valence-electron chi connectivity index (χ4n) is 1.87. The molecule has 2 N–H and O–H groups in total. The molecule has 0 aliphatic heterocycles. The number of hydrogen-bond acceptors (Lipinski definition) is 4. The monoisotopic (exact) mass is 312 g/mol. The lowest BCUT2D eigenvalue weighted by Crippen LogP contribution is -1.91. The lowest BCUT2D eigenvalue weighted by Gasteiger charge is -2.03. The van der Waals surface area contributed by atoms with Crippen LogP contribution in [0.25, 0.3) is 21.7 Å². The summed E-state index contributed by atoms with van der Waals surface area (Å²) < 4.78 is 31.8. The molecule has 0 bridgehead atoms. The molecule has 3 aromatic rings. The highest BCUT2D eigenvalue weighted by Crippen LogP contribution is 2.42. The van der Waals surface area contributed by atoms with Crippen molar-refractivity contribution in [1.82, 2.24) is 5.16 Å². The highest BCUT2D eigenvalue weighted by Gasteiger charge is 2.22. The Kier molecular flexibility index (Phi) is 3.19. The van der Waals surface area contributed by atoms with Crippen molar-refractivity contribution in [2.75, 3.05) is 5.73 Å². The van der Waals surface area contributed by atoms with Crippen molar-refractivity contribution in [3.63, 3.8) is 0 Å². The normalized spacial score (nSPS) is 10.9. The van der Waals surface area contributed by atoms with E-state index >= 15 is 0 Å². The second-order valence-electron chi connectivity index (χ2n) is 3.99. The first-order chi connectivity index (χ1) is 9.58. The first kappa shape index (κ1) is 13.1. The molecule has 3 nitrogen and oxygen atoms in total. The number of rotatable bonds is 2. The third-order valence-electron chi connectivity index (χ3n) is 2.75. The van der Waals surface area contributed by atoms with Crippen LogP contribution in [0.4, 0.5) is 14.7 Å². The van der Waals surface area contributed by atoms with Gasteiger partial charge in [-0.2, -0.15) is 0 Å². The summed E-state index contributed by atoms with van der Waals surface area (Å²) in [7, 11) is 0. The molecule has 0 saturated carbocycles. The summed E-state index contributed by atoms with van der Waals surface area (Å²) in [5.41, 5.74) is 6.43. The third-order valence-corrected chi connectivity index (χ3v) is 4.10. The number of thiophene rings is 1. The molecular formula is C13H7ClF2N2OS. The van der Waals surface area contributed by atoms with E-state index in [-0.39, 0.29) is 17.0 Å². The van der Waals surface area contributed by atoms with Gasteiger partial charge in [-0.25, -0.2) is 8.78 Å². The zero-order chi connectivity index (χ0) is 14.3. The van der Waals surface area contributed by atoms with E-state index in [9.17, 15) is 8.78 Å². The lowest BCUT2D eigenvalue weighted by atomic mass is 10.0. The second-order valence-corrected chi connectivity index (χ2v) is 5.32. The van der Waals surface area contributed by atoms with Gasteiger partial charge in [0.25, 0.3) is 0 Å². The summed E-state index contributed by atoms with van der Waals surface area (Å²) in [4.78, 5) is 0.617. The smallest absolute Gasteiger partial charge is 0.230 e. The van der Waals surface area contributed by atoms with E-state index in [4.69, 9.17) is 21.9 Å². The Bertz CT molecular complexity index is 785. The molecule has 7 heteroatoms. The topological polar surface area (TPSA) is 52.0 Å². The molecule has 0 aliphatic rings. The predicted molar refractivity (Wildman–Crippen MR) is 74.6 cm³/mol. The fourth-order valence-corrected chi connectivity index (χ4v) is 3.01. The molecule has 0 unspecified atom stereocenters. The quantitative estimate of drug-likeness (QED) is 0.753. The highest BCUT2D eigenvalue weighted by molar-refractivity contribution is 7.14. The molecule has 3 rings (SSSR count). The van der Waals surface area contributed by atoms with Crippen LogP contribution in [0.3, 0.4) is 0 Å². The zero-order valence-electron chi connectivity index (χ0n) is 9.86. The van der Waals surface area contributed by atoms with Crippen LogP contribution in [0.15, 0.2) is 34.2 Å². The summed E-state index contributed by atoms with van der Waals surface area (Å²) in [5.74, 6) is -1.46.